The molecule has 0 aliphatic rings. The van der Waals surface area contributed by atoms with Gasteiger partial charge in [-0.15, -0.1) is 0 Å². The number of aldehydes is 3. The number of unbranched alkanes of at least 4 members (excludes halogenated alkanes) is 14. The average Bonchev–Trinajstić information content (AvgIpc) is 2.57. The Labute approximate surface area is 143 Å². The molecule has 0 aromatic heterocycles. The molecular weight excluding hydrogens is 288 g/mol. The van der Waals surface area contributed by atoms with E-state index in [2.05, 4.69) is 6.92 Å². The maximum absolute atomic E-state index is 9.94. The second-order valence-electron chi connectivity index (χ2n) is 6.11. The van der Waals surface area contributed by atoms with Gasteiger partial charge < -0.3 is 14.4 Å². The van der Waals surface area contributed by atoms with Crippen molar-refractivity contribution in [3.63, 3.8) is 0 Å². The van der Waals surface area contributed by atoms with Gasteiger partial charge in [0.25, 0.3) is 0 Å². The van der Waals surface area contributed by atoms with Crippen LogP contribution in [0, 0.1) is 0 Å². The van der Waals surface area contributed by atoms with Gasteiger partial charge in [-0.25, -0.2) is 0 Å². The topological polar surface area (TPSA) is 51.2 Å². The summed E-state index contributed by atoms with van der Waals surface area (Å²) in [4.78, 5) is 29.8. The van der Waals surface area contributed by atoms with Gasteiger partial charge in [0.05, 0.1) is 0 Å². The molecule has 0 atom stereocenters. The minimum absolute atomic E-state index is 0.703. The van der Waals surface area contributed by atoms with Gasteiger partial charge in [0.15, 0.2) is 0 Å². The zero-order valence-corrected chi connectivity index (χ0v) is 15.3. The summed E-state index contributed by atoms with van der Waals surface area (Å²) in [6.45, 7) is 2.23. The molecule has 0 heterocycles. The Bertz CT molecular complexity index is 225. The highest BCUT2D eigenvalue weighted by atomic mass is 16.1. The van der Waals surface area contributed by atoms with Crippen molar-refractivity contribution in [2.24, 2.45) is 0 Å². The van der Waals surface area contributed by atoms with E-state index in [1.54, 1.807) is 0 Å². The molecule has 23 heavy (non-hydrogen) atoms. The monoisotopic (exact) mass is 326 g/mol. The van der Waals surface area contributed by atoms with Crippen LogP contribution in [0.2, 0.25) is 0 Å². The average molecular weight is 327 g/mol. The van der Waals surface area contributed by atoms with E-state index in [-0.39, 0.29) is 0 Å². The van der Waals surface area contributed by atoms with E-state index in [0.717, 1.165) is 57.4 Å². The minimum Gasteiger partial charge on any atom is -0.303 e. The molecule has 0 fully saturated rings. The van der Waals surface area contributed by atoms with Crippen molar-refractivity contribution < 1.29 is 14.4 Å². The van der Waals surface area contributed by atoms with Gasteiger partial charge in [0, 0.05) is 19.3 Å². The molecule has 0 saturated carbocycles. The first-order valence-electron chi connectivity index (χ1n) is 9.64. The normalized spacial score (nSPS) is 9.78. The van der Waals surface area contributed by atoms with Gasteiger partial charge in [0.1, 0.15) is 18.9 Å². The van der Waals surface area contributed by atoms with Crippen LogP contribution in [-0.2, 0) is 14.4 Å². The van der Waals surface area contributed by atoms with E-state index >= 15 is 0 Å². The molecule has 0 amide bonds. The lowest BCUT2D eigenvalue weighted by Gasteiger charge is -1.97. The van der Waals surface area contributed by atoms with Crippen LogP contribution in [0.5, 0.6) is 0 Å². The molecule has 0 unspecified atom stereocenters. The number of rotatable bonds is 17. The second-order valence-corrected chi connectivity index (χ2v) is 6.11. The van der Waals surface area contributed by atoms with Crippen LogP contribution in [0.1, 0.15) is 110 Å². The summed E-state index contributed by atoms with van der Waals surface area (Å²) >= 11 is 0. The lowest BCUT2D eigenvalue weighted by Crippen LogP contribution is -1.81. The van der Waals surface area contributed by atoms with Gasteiger partial charge in [-0.2, -0.15) is 0 Å². The highest BCUT2D eigenvalue weighted by Crippen LogP contribution is 2.07. The molecule has 0 aromatic carbocycles. The molecule has 0 rings (SSSR count). The molecule has 0 aliphatic heterocycles. The molecule has 0 bridgehead atoms. The molecular formula is C20H38O3. The van der Waals surface area contributed by atoms with Crippen LogP contribution in [0.4, 0.5) is 0 Å². The van der Waals surface area contributed by atoms with E-state index in [9.17, 15) is 14.4 Å². The summed E-state index contributed by atoms with van der Waals surface area (Å²) in [7, 11) is 0. The van der Waals surface area contributed by atoms with Gasteiger partial charge in [-0.3, -0.25) is 0 Å². The van der Waals surface area contributed by atoms with E-state index in [0.29, 0.717) is 12.8 Å². The van der Waals surface area contributed by atoms with Gasteiger partial charge in [-0.1, -0.05) is 71.1 Å². The fourth-order valence-electron chi connectivity index (χ4n) is 2.35. The first-order valence-corrected chi connectivity index (χ1v) is 9.64. The standard InChI is InChI=1S/C10H18O2.C10H20O/c11-9-7-5-3-1-2-4-6-8-10-12;1-2-3-4-5-6-7-8-9-10-11/h9-10H,1-8H2;10H,2-9H2,1H3. The summed E-state index contributed by atoms with van der Waals surface area (Å²) < 4.78 is 0. The minimum atomic E-state index is 0.703. The zero-order chi connectivity index (χ0) is 17.4. The molecule has 3 heteroatoms. The number of carbonyl (C=O) groups excluding carboxylic acids is 3. The first-order chi connectivity index (χ1) is 11.3. The fraction of sp³-hybridized carbons (Fsp3) is 0.850. The zero-order valence-electron chi connectivity index (χ0n) is 15.3. The third kappa shape index (κ3) is 29.6. The lowest BCUT2D eigenvalue weighted by molar-refractivity contribution is -0.108. The Balaban J connectivity index is 0. The van der Waals surface area contributed by atoms with Crippen molar-refractivity contribution in [1.29, 1.82) is 0 Å². The smallest absolute Gasteiger partial charge is 0.119 e. The quantitative estimate of drug-likeness (QED) is 0.249. The third-order valence-corrected chi connectivity index (χ3v) is 3.82. The lowest BCUT2D eigenvalue weighted by atomic mass is 10.1. The predicted octanol–water partition coefficient (Wildman–Crippen LogP) is 5.83. The summed E-state index contributed by atoms with van der Waals surface area (Å²) in [6, 6.07) is 0. The van der Waals surface area contributed by atoms with Crippen molar-refractivity contribution in [2.45, 2.75) is 110 Å². The summed E-state index contributed by atoms with van der Waals surface area (Å²) in [5.41, 5.74) is 0. The third-order valence-electron chi connectivity index (χ3n) is 3.82. The van der Waals surface area contributed by atoms with Crippen LogP contribution in [0.25, 0.3) is 0 Å². The molecule has 0 aliphatic carbocycles. The SMILES string of the molecule is CCCCCCCCCC=O.O=CCCCCCCCCC=O. The van der Waals surface area contributed by atoms with E-state index < -0.39 is 0 Å². The van der Waals surface area contributed by atoms with Crippen LogP contribution < -0.4 is 0 Å². The number of hydrogen-bond donors (Lipinski definition) is 0. The second kappa shape index (κ2) is 25.9. The highest BCUT2D eigenvalue weighted by Gasteiger charge is 1.90. The van der Waals surface area contributed by atoms with E-state index in [1.165, 1.54) is 51.4 Å². The van der Waals surface area contributed by atoms with E-state index in [1.807, 2.05) is 0 Å². The van der Waals surface area contributed by atoms with Crippen LogP contribution in [0.3, 0.4) is 0 Å². The Hall–Kier alpha value is -0.990. The fourth-order valence-corrected chi connectivity index (χ4v) is 2.35. The Morgan fingerprint density at radius 2 is 0.696 bits per heavy atom. The van der Waals surface area contributed by atoms with Crippen molar-refractivity contribution in [2.75, 3.05) is 0 Å². The Morgan fingerprint density at radius 3 is 0.957 bits per heavy atom. The maximum Gasteiger partial charge on any atom is 0.119 e. The van der Waals surface area contributed by atoms with Crippen molar-refractivity contribution in [3.8, 4) is 0 Å². The Morgan fingerprint density at radius 1 is 0.435 bits per heavy atom. The van der Waals surface area contributed by atoms with Gasteiger partial charge in [0.2, 0.25) is 0 Å². The Kier molecular flexibility index (Phi) is 27.4. The molecule has 0 saturated heterocycles. The van der Waals surface area contributed by atoms with Crippen molar-refractivity contribution >= 4 is 18.9 Å². The van der Waals surface area contributed by atoms with Gasteiger partial charge >= 0.3 is 0 Å². The molecule has 136 valence electrons. The summed E-state index contributed by atoms with van der Waals surface area (Å²) in [5.74, 6) is 0. The summed E-state index contributed by atoms with van der Waals surface area (Å²) in [6.07, 6.45) is 21.0. The first kappa shape index (κ1) is 24.3. The maximum atomic E-state index is 9.94. The van der Waals surface area contributed by atoms with Crippen LogP contribution in [0.15, 0.2) is 0 Å². The number of hydrogen-bond acceptors (Lipinski definition) is 3. The van der Waals surface area contributed by atoms with Crippen molar-refractivity contribution in [3.05, 3.63) is 0 Å². The molecule has 0 spiro atoms. The van der Waals surface area contributed by atoms with E-state index in [4.69, 9.17) is 0 Å². The molecule has 0 N–H and O–H groups in total. The van der Waals surface area contributed by atoms with Crippen molar-refractivity contribution in [1.82, 2.24) is 0 Å². The number of carbonyl (C=O) groups is 3. The van der Waals surface area contributed by atoms with Crippen LogP contribution >= 0.6 is 0 Å². The van der Waals surface area contributed by atoms with Crippen LogP contribution in [-0.4, -0.2) is 18.9 Å². The highest BCUT2D eigenvalue weighted by molar-refractivity contribution is 5.49. The molecule has 0 aromatic rings. The summed E-state index contributed by atoms with van der Waals surface area (Å²) in [5, 5.41) is 0. The largest absolute Gasteiger partial charge is 0.303 e. The predicted molar refractivity (Wildman–Crippen MR) is 97.7 cm³/mol. The molecule has 0 radical (unpaired) electrons. The molecule has 3 nitrogen and oxygen atoms in total. The van der Waals surface area contributed by atoms with Gasteiger partial charge in [-0.05, 0) is 19.3 Å².